The summed E-state index contributed by atoms with van der Waals surface area (Å²) in [7, 11) is 0. The maximum atomic E-state index is 12.5. The largest absolute Gasteiger partial charge is 0.326 e. The van der Waals surface area contributed by atoms with Crippen LogP contribution < -0.4 is 5.32 Å². The van der Waals surface area contributed by atoms with E-state index in [1.807, 2.05) is 0 Å². The van der Waals surface area contributed by atoms with Crippen LogP contribution in [-0.4, -0.2) is 41.5 Å². The maximum Gasteiger partial charge on any atom is 0.254 e. The minimum Gasteiger partial charge on any atom is -0.326 e. The smallest absolute Gasteiger partial charge is 0.254 e. The molecule has 2 aliphatic rings. The molecular formula is C15H14N2O4. The summed E-state index contributed by atoms with van der Waals surface area (Å²) < 4.78 is 0. The van der Waals surface area contributed by atoms with E-state index in [0.717, 1.165) is 11.8 Å². The second-order valence-corrected chi connectivity index (χ2v) is 5.25. The molecule has 0 aromatic heterocycles. The molecule has 1 fully saturated rings. The number of fused-ring (bicyclic) bond motifs is 1. The van der Waals surface area contributed by atoms with Gasteiger partial charge in [0, 0.05) is 24.1 Å². The molecule has 0 bridgehead atoms. The van der Waals surface area contributed by atoms with Crippen LogP contribution in [0.15, 0.2) is 18.2 Å². The Kier molecular flexibility index (Phi) is 3.29. The predicted molar refractivity (Wildman–Crippen MR) is 72.7 cm³/mol. The Bertz CT molecular complexity index is 653. The fourth-order valence-corrected chi connectivity index (χ4v) is 2.88. The first kappa shape index (κ1) is 13.5. The number of nitrogens with zero attached hydrogens (tertiary/aromatic N) is 1. The molecule has 6 nitrogen and oxygen atoms in total. The SMILES string of the molecule is O=Cc1ccc2c(c1)CCN(C1CCC(=O)NC1=O)C2=O. The van der Waals surface area contributed by atoms with Crippen molar-refractivity contribution in [1.82, 2.24) is 10.2 Å². The van der Waals surface area contributed by atoms with Gasteiger partial charge in [-0.3, -0.25) is 24.5 Å². The molecule has 3 amide bonds. The molecule has 0 radical (unpaired) electrons. The first-order chi connectivity index (χ1) is 10.1. The number of hydrogen-bond donors (Lipinski definition) is 1. The number of amides is 3. The predicted octanol–water partition coefficient (Wildman–Crippen LogP) is 0.303. The van der Waals surface area contributed by atoms with Crippen molar-refractivity contribution in [1.29, 1.82) is 0 Å². The lowest BCUT2D eigenvalue weighted by Crippen LogP contribution is -2.55. The average Bonchev–Trinajstić information content (AvgIpc) is 2.48. The Labute approximate surface area is 121 Å². The maximum absolute atomic E-state index is 12.5. The molecule has 0 saturated carbocycles. The number of carbonyl (C=O) groups excluding carboxylic acids is 4. The molecule has 1 aromatic rings. The highest BCUT2D eigenvalue weighted by molar-refractivity contribution is 6.04. The van der Waals surface area contributed by atoms with Gasteiger partial charge in [0.15, 0.2) is 0 Å². The molecule has 2 heterocycles. The first-order valence-electron chi connectivity index (χ1n) is 6.83. The second-order valence-electron chi connectivity index (χ2n) is 5.25. The van der Waals surface area contributed by atoms with E-state index in [4.69, 9.17) is 0 Å². The Morgan fingerprint density at radius 1 is 1.19 bits per heavy atom. The summed E-state index contributed by atoms with van der Waals surface area (Å²) in [5, 5.41) is 2.27. The Morgan fingerprint density at radius 3 is 2.71 bits per heavy atom. The number of rotatable bonds is 2. The summed E-state index contributed by atoms with van der Waals surface area (Å²) in [6, 6.07) is 4.34. The Hall–Kier alpha value is -2.50. The summed E-state index contributed by atoms with van der Waals surface area (Å²) in [6.07, 6.45) is 1.95. The van der Waals surface area contributed by atoms with Gasteiger partial charge in [-0.2, -0.15) is 0 Å². The van der Waals surface area contributed by atoms with Crippen LogP contribution in [0.25, 0.3) is 0 Å². The van der Waals surface area contributed by atoms with Crippen molar-refractivity contribution >= 4 is 24.0 Å². The number of aldehydes is 1. The molecule has 108 valence electrons. The van der Waals surface area contributed by atoms with Gasteiger partial charge in [0.2, 0.25) is 11.8 Å². The van der Waals surface area contributed by atoms with Crippen molar-refractivity contribution in [3.05, 3.63) is 34.9 Å². The van der Waals surface area contributed by atoms with E-state index < -0.39 is 11.9 Å². The zero-order valence-electron chi connectivity index (χ0n) is 11.3. The molecule has 6 heteroatoms. The average molecular weight is 286 g/mol. The second kappa shape index (κ2) is 5.12. The van der Waals surface area contributed by atoms with Gasteiger partial charge >= 0.3 is 0 Å². The molecule has 1 N–H and O–H groups in total. The van der Waals surface area contributed by atoms with Crippen LogP contribution in [0.3, 0.4) is 0 Å². The summed E-state index contributed by atoms with van der Waals surface area (Å²) in [4.78, 5) is 47.9. The van der Waals surface area contributed by atoms with Crippen LogP contribution in [0, 0.1) is 0 Å². The fourth-order valence-electron chi connectivity index (χ4n) is 2.88. The molecule has 0 spiro atoms. The van der Waals surface area contributed by atoms with Crippen molar-refractivity contribution < 1.29 is 19.2 Å². The number of imide groups is 1. The monoisotopic (exact) mass is 286 g/mol. The van der Waals surface area contributed by atoms with Crippen LogP contribution in [0.2, 0.25) is 0 Å². The van der Waals surface area contributed by atoms with Gasteiger partial charge in [-0.15, -0.1) is 0 Å². The Morgan fingerprint density at radius 2 is 2.00 bits per heavy atom. The van der Waals surface area contributed by atoms with E-state index >= 15 is 0 Å². The van der Waals surface area contributed by atoms with Gasteiger partial charge in [0.05, 0.1) is 0 Å². The molecule has 2 aliphatic heterocycles. The standard InChI is InChI=1S/C15H14N2O4/c18-8-9-1-2-11-10(7-9)5-6-17(15(11)21)12-3-4-13(19)16-14(12)20/h1-2,7-8,12H,3-6H2,(H,16,19,20). The van der Waals surface area contributed by atoms with Crippen molar-refractivity contribution in [2.45, 2.75) is 25.3 Å². The minimum absolute atomic E-state index is 0.219. The van der Waals surface area contributed by atoms with Gasteiger partial charge in [-0.05, 0) is 30.5 Å². The topological polar surface area (TPSA) is 83.6 Å². The van der Waals surface area contributed by atoms with Crippen molar-refractivity contribution in [3.8, 4) is 0 Å². The van der Waals surface area contributed by atoms with E-state index in [0.29, 0.717) is 30.5 Å². The van der Waals surface area contributed by atoms with Crippen molar-refractivity contribution in [2.75, 3.05) is 6.54 Å². The van der Waals surface area contributed by atoms with Gasteiger partial charge in [-0.1, -0.05) is 6.07 Å². The van der Waals surface area contributed by atoms with Crippen LogP contribution in [0.5, 0.6) is 0 Å². The molecule has 1 saturated heterocycles. The third-order valence-electron chi connectivity index (χ3n) is 3.97. The third kappa shape index (κ3) is 2.33. The molecule has 1 unspecified atom stereocenters. The first-order valence-corrected chi connectivity index (χ1v) is 6.83. The van der Waals surface area contributed by atoms with E-state index in [1.165, 1.54) is 4.90 Å². The number of piperidine rings is 1. The minimum atomic E-state index is -0.589. The number of benzene rings is 1. The molecule has 21 heavy (non-hydrogen) atoms. The summed E-state index contributed by atoms with van der Waals surface area (Å²) in [5.41, 5.74) is 1.89. The van der Waals surface area contributed by atoms with Crippen molar-refractivity contribution in [3.63, 3.8) is 0 Å². The van der Waals surface area contributed by atoms with Gasteiger partial charge in [-0.25, -0.2) is 0 Å². The van der Waals surface area contributed by atoms with Crippen LogP contribution in [0.1, 0.15) is 39.1 Å². The summed E-state index contributed by atoms with van der Waals surface area (Å²) in [6.45, 7) is 0.417. The molecule has 1 atom stereocenters. The molecule has 1 aromatic carbocycles. The molecule has 3 rings (SSSR count). The summed E-state index contributed by atoms with van der Waals surface area (Å²) in [5.74, 6) is -0.924. The fraction of sp³-hybridized carbons (Fsp3) is 0.333. The highest BCUT2D eigenvalue weighted by atomic mass is 16.2. The quantitative estimate of drug-likeness (QED) is 0.626. The lowest BCUT2D eigenvalue weighted by Gasteiger charge is -2.36. The lowest BCUT2D eigenvalue weighted by molar-refractivity contribution is -0.136. The van der Waals surface area contributed by atoms with E-state index in [9.17, 15) is 19.2 Å². The van der Waals surface area contributed by atoms with Crippen LogP contribution >= 0.6 is 0 Å². The van der Waals surface area contributed by atoms with E-state index in [2.05, 4.69) is 5.32 Å². The van der Waals surface area contributed by atoms with E-state index in [1.54, 1.807) is 18.2 Å². The van der Waals surface area contributed by atoms with Gasteiger partial charge in [0.25, 0.3) is 5.91 Å². The number of nitrogens with one attached hydrogen (secondary N) is 1. The molecular weight excluding hydrogens is 272 g/mol. The zero-order valence-corrected chi connectivity index (χ0v) is 11.3. The van der Waals surface area contributed by atoms with Crippen LogP contribution in [-0.2, 0) is 16.0 Å². The van der Waals surface area contributed by atoms with Crippen LogP contribution in [0.4, 0.5) is 0 Å². The van der Waals surface area contributed by atoms with Crippen molar-refractivity contribution in [2.24, 2.45) is 0 Å². The normalized spacial score (nSPS) is 21.8. The highest BCUT2D eigenvalue weighted by Crippen LogP contribution is 2.24. The lowest BCUT2D eigenvalue weighted by atomic mass is 9.94. The summed E-state index contributed by atoms with van der Waals surface area (Å²) >= 11 is 0. The third-order valence-corrected chi connectivity index (χ3v) is 3.97. The number of carbonyl (C=O) groups is 4. The zero-order chi connectivity index (χ0) is 15.0. The molecule has 0 aliphatic carbocycles. The highest BCUT2D eigenvalue weighted by Gasteiger charge is 2.37. The van der Waals surface area contributed by atoms with Gasteiger partial charge in [0.1, 0.15) is 12.3 Å². The van der Waals surface area contributed by atoms with E-state index in [-0.39, 0.29) is 18.2 Å². The Balaban J connectivity index is 1.87. The number of hydrogen-bond acceptors (Lipinski definition) is 4. The van der Waals surface area contributed by atoms with Gasteiger partial charge < -0.3 is 4.90 Å².